The van der Waals surface area contributed by atoms with Crippen LogP contribution < -0.4 is 0 Å². The Balaban J connectivity index is 1.99. The van der Waals surface area contributed by atoms with Gasteiger partial charge < -0.3 is 9.64 Å². The molecule has 3 rings (SSSR count). The van der Waals surface area contributed by atoms with Crippen LogP contribution in [0, 0.1) is 5.92 Å². The number of ketones is 1. The van der Waals surface area contributed by atoms with Crippen LogP contribution >= 0.6 is 0 Å². The highest BCUT2D eigenvalue weighted by Crippen LogP contribution is 2.46. The van der Waals surface area contributed by atoms with Crippen LogP contribution in [0.5, 0.6) is 0 Å². The van der Waals surface area contributed by atoms with Gasteiger partial charge in [0.25, 0.3) is 0 Å². The number of fused-ring (bicyclic) bond motifs is 1. The molecule has 2 fully saturated rings. The molecule has 2 heterocycles. The van der Waals surface area contributed by atoms with E-state index in [9.17, 15) is 9.59 Å². The normalized spacial score (nSPS) is 33.1. The minimum Gasteiger partial charge on any atom is -0.353 e. The van der Waals surface area contributed by atoms with E-state index in [0.29, 0.717) is 19.4 Å². The minimum atomic E-state index is -0.790. The average molecular weight is 273 g/mol. The molecule has 2 saturated heterocycles. The van der Waals surface area contributed by atoms with Gasteiger partial charge >= 0.3 is 0 Å². The Bertz CT molecular complexity index is 542. The summed E-state index contributed by atoms with van der Waals surface area (Å²) in [5.41, 5.74) is 0.274. The number of hydrogen-bond donors (Lipinski definition) is 0. The van der Waals surface area contributed by atoms with E-state index >= 15 is 0 Å². The van der Waals surface area contributed by atoms with Crippen molar-refractivity contribution in [1.82, 2.24) is 4.90 Å². The van der Waals surface area contributed by atoms with Gasteiger partial charge in [-0.05, 0) is 25.8 Å². The third kappa shape index (κ3) is 1.86. The van der Waals surface area contributed by atoms with E-state index < -0.39 is 5.72 Å². The standard InChI is InChI=1S/C16H19NO3/c1-11(18)13-8-9-15(19)17-14(10-20-16(13,17)2)12-6-4-3-5-7-12/h3-7,13-14H,8-10H2,1-2H3/t13?,14-,16?/m1/s1. The molecule has 2 aliphatic heterocycles. The summed E-state index contributed by atoms with van der Waals surface area (Å²) in [6, 6.07) is 9.80. The molecule has 0 saturated carbocycles. The second kappa shape index (κ2) is 4.70. The van der Waals surface area contributed by atoms with E-state index in [1.807, 2.05) is 37.3 Å². The van der Waals surface area contributed by atoms with Crippen molar-refractivity contribution in [1.29, 1.82) is 0 Å². The quantitative estimate of drug-likeness (QED) is 0.830. The lowest BCUT2D eigenvalue weighted by atomic mass is 9.83. The Labute approximate surface area is 118 Å². The van der Waals surface area contributed by atoms with E-state index in [1.54, 1.807) is 11.8 Å². The van der Waals surface area contributed by atoms with E-state index in [2.05, 4.69) is 0 Å². The molecule has 0 aromatic heterocycles. The van der Waals surface area contributed by atoms with Crippen LogP contribution in [0.1, 0.15) is 38.3 Å². The van der Waals surface area contributed by atoms with Crippen molar-refractivity contribution >= 4 is 11.7 Å². The Morgan fingerprint density at radius 2 is 2.05 bits per heavy atom. The Kier molecular flexibility index (Phi) is 3.13. The largest absolute Gasteiger partial charge is 0.353 e. The zero-order valence-corrected chi connectivity index (χ0v) is 11.8. The highest BCUT2D eigenvalue weighted by Gasteiger charge is 2.55. The number of hydrogen-bond acceptors (Lipinski definition) is 3. The number of amides is 1. The smallest absolute Gasteiger partial charge is 0.225 e. The van der Waals surface area contributed by atoms with Crippen molar-refractivity contribution in [2.24, 2.45) is 5.92 Å². The summed E-state index contributed by atoms with van der Waals surface area (Å²) >= 11 is 0. The molecule has 20 heavy (non-hydrogen) atoms. The fourth-order valence-corrected chi connectivity index (χ4v) is 3.55. The Morgan fingerprint density at radius 3 is 2.70 bits per heavy atom. The van der Waals surface area contributed by atoms with Crippen LogP contribution in [0.25, 0.3) is 0 Å². The third-order valence-electron chi connectivity index (χ3n) is 4.56. The molecule has 2 aliphatic rings. The van der Waals surface area contributed by atoms with Crippen molar-refractivity contribution in [3.63, 3.8) is 0 Å². The van der Waals surface area contributed by atoms with Crippen LogP contribution in [0.3, 0.4) is 0 Å². The zero-order chi connectivity index (χ0) is 14.3. The number of carbonyl (C=O) groups is 2. The molecular formula is C16H19NO3. The van der Waals surface area contributed by atoms with E-state index in [1.165, 1.54) is 0 Å². The van der Waals surface area contributed by atoms with Gasteiger partial charge in [0, 0.05) is 6.42 Å². The van der Waals surface area contributed by atoms with Crippen molar-refractivity contribution in [3.8, 4) is 0 Å². The molecule has 4 nitrogen and oxygen atoms in total. The molecule has 0 aliphatic carbocycles. The first-order valence-corrected chi connectivity index (χ1v) is 7.05. The lowest BCUT2D eigenvalue weighted by Crippen LogP contribution is -2.57. The first kappa shape index (κ1) is 13.3. The maximum absolute atomic E-state index is 12.4. The molecular weight excluding hydrogens is 254 g/mol. The summed E-state index contributed by atoms with van der Waals surface area (Å²) in [6.07, 6.45) is 1.01. The SMILES string of the molecule is CC(=O)C1CCC(=O)N2[C@@H](c3ccccc3)COC12C. The van der Waals surface area contributed by atoms with Gasteiger partial charge in [0.05, 0.1) is 18.6 Å². The number of benzene rings is 1. The monoisotopic (exact) mass is 273 g/mol. The van der Waals surface area contributed by atoms with Crippen molar-refractivity contribution in [3.05, 3.63) is 35.9 Å². The first-order chi connectivity index (χ1) is 9.54. The fraction of sp³-hybridized carbons (Fsp3) is 0.500. The summed E-state index contributed by atoms with van der Waals surface area (Å²) in [6.45, 7) is 3.91. The molecule has 0 bridgehead atoms. The molecule has 1 aromatic carbocycles. The highest BCUT2D eigenvalue weighted by atomic mass is 16.5. The molecule has 1 amide bonds. The lowest BCUT2D eigenvalue weighted by Gasteiger charge is -2.44. The van der Waals surface area contributed by atoms with Gasteiger partial charge in [0.2, 0.25) is 5.91 Å². The Hall–Kier alpha value is -1.68. The van der Waals surface area contributed by atoms with Crippen LogP contribution in [0.2, 0.25) is 0 Å². The average Bonchev–Trinajstić information content (AvgIpc) is 2.78. The Morgan fingerprint density at radius 1 is 1.35 bits per heavy atom. The summed E-state index contributed by atoms with van der Waals surface area (Å²) in [7, 11) is 0. The summed E-state index contributed by atoms with van der Waals surface area (Å²) in [4.78, 5) is 26.0. The van der Waals surface area contributed by atoms with Gasteiger partial charge in [-0.3, -0.25) is 9.59 Å². The summed E-state index contributed by atoms with van der Waals surface area (Å²) in [5.74, 6) is -0.0519. The second-order valence-corrected chi connectivity index (χ2v) is 5.76. The molecule has 1 aromatic rings. The van der Waals surface area contributed by atoms with Crippen molar-refractivity contribution < 1.29 is 14.3 Å². The van der Waals surface area contributed by atoms with E-state index in [4.69, 9.17) is 4.74 Å². The number of ether oxygens (including phenoxy) is 1. The number of carbonyl (C=O) groups excluding carboxylic acids is 2. The van der Waals surface area contributed by atoms with Crippen LogP contribution in [-0.4, -0.2) is 28.9 Å². The topological polar surface area (TPSA) is 46.6 Å². The number of piperidine rings is 1. The summed E-state index contributed by atoms with van der Waals surface area (Å²) < 4.78 is 5.94. The molecule has 3 atom stereocenters. The van der Waals surface area contributed by atoms with E-state index in [-0.39, 0.29) is 23.7 Å². The summed E-state index contributed by atoms with van der Waals surface area (Å²) in [5, 5.41) is 0. The van der Waals surface area contributed by atoms with Gasteiger partial charge in [0.15, 0.2) is 5.72 Å². The minimum absolute atomic E-state index is 0.0800. The van der Waals surface area contributed by atoms with Gasteiger partial charge in [-0.25, -0.2) is 0 Å². The second-order valence-electron chi connectivity index (χ2n) is 5.76. The maximum Gasteiger partial charge on any atom is 0.225 e. The molecule has 106 valence electrons. The number of Topliss-reactive ketones (excluding diaryl/α,β-unsaturated/α-hetero) is 1. The molecule has 4 heteroatoms. The molecule has 0 spiro atoms. The molecule has 0 radical (unpaired) electrons. The highest BCUT2D eigenvalue weighted by molar-refractivity contribution is 5.85. The maximum atomic E-state index is 12.4. The molecule has 2 unspecified atom stereocenters. The van der Waals surface area contributed by atoms with Gasteiger partial charge in [-0.1, -0.05) is 30.3 Å². The first-order valence-electron chi connectivity index (χ1n) is 7.05. The number of rotatable bonds is 2. The lowest BCUT2D eigenvalue weighted by molar-refractivity contribution is -0.173. The van der Waals surface area contributed by atoms with E-state index in [0.717, 1.165) is 5.56 Å². The van der Waals surface area contributed by atoms with Crippen LogP contribution in [0.4, 0.5) is 0 Å². The van der Waals surface area contributed by atoms with Crippen LogP contribution in [-0.2, 0) is 14.3 Å². The van der Waals surface area contributed by atoms with Gasteiger partial charge in [0.1, 0.15) is 5.78 Å². The predicted molar refractivity (Wildman–Crippen MR) is 73.8 cm³/mol. The molecule has 0 N–H and O–H groups in total. The number of nitrogens with zero attached hydrogens (tertiary/aromatic N) is 1. The van der Waals surface area contributed by atoms with Gasteiger partial charge in [-0.2, -0.15) is 0 Å². The fourth-order valence-electron chi connectivity index (χ4n) is 3.55. The predicted octanol–water partition coefficient (Wildman–Crippen LogP) is 2.30. The van der Waals surface area contributed by atoms with Crippen LogP contribution in [0.15, 0.2) is 30.3 Å². The third-order valence-corrected chi connectivity index (χ3v) is 4.56. The van der Waals surface area contributed by atoms with Crippen molar-refractivity contribution in [2.75, 3.05) is 6.61 Å². The zero-order valence-electron chi connectivity index (χ0n) is 11.8. The van der Waals surface area contributed by atoms with Gasteiger partial charge in [-0.15, -0.1) is 0 Å². The van der Waals surface area contributed by atoms with Crippen molar-refractivity contribution in [2.45, 2.75) is 38.5 Å².